The molecule has 0 radical (unpaired) electrons. The van der Waals surface area contributed by atoms with Crippen molar-refractivity contribution in [1.29, 1.82) is 0 Å². The second-order valence-corrected chi connectivity index (χ2v) is 9.48. The quantitative estimate of drug-likeness (QED) is 0.460. The van der Waals surface area contributed by atoms with Crippen LogP contribution in [0.2, 0.25) is 0 Å². The van der Waals surface area contributed by atoms with Gasteiger partial charge in [0.2, 0.25) is 5.91 Å². The molecule has 1 aliphatic heterocycles. The summed E-state index contributed by atoms with van der Waals surface area (Å²) in [6.45, 7) is 4.18. The first kappa shape index (κ1) is 20.8. The Bertz CT molecular complexity index is 1260. The Labute approximate surface area is 190 Å². The third kappa shape index (κ3) is 3.93. The van der Waals surface area contributed by atoms with Crippen LogP contribution in [0.5, 0.6) is 0 Å². The van der Waals surface area contributed by atoms with Crippen LogP contribution in [0, 0.1) is 11.7 Å². The van der Waals surface area contributed by atoms with Crippen molar-refractivity contribution in [2.45, 2.75) is 25.7 Å². The van der Waals surface area contributed by atoms with Gasteiger partial charge in [0.1, 0.15) is 18.0 Å². The monoisotopic (exact) mass is 448 g/mol. The SMILES string of the molecule is C[C@H](CNC(=O)[C@@H]1CCCN(c2ncnc3c2sc2cccc(F)c23)C1)c1ccccc1. The maximum Gasteiger partial charge on any atom is 0.224 e. The molecule has 0 spiro atoms. The molecule has 4 aromatic rings. The second-order valence-electron chi connectivity index (χ2n) is 8.43. The average Bonchev–Trinajstić information content (AvgIpc) is 3.23. The Morgan fingerprint density at radius 3 is 2.91 bits per heavy atom. The number of fused-ring (bicyclic) bond motifs is 3. The van der Waals surface area contributed by atoms with E-state index < -0.39 is 0 Å². The number of anilines is 1. The van der Waals surface area contributed by atoms with Gasteiger partial charge in [-0.3, -0.25) is 4.79 Å². The summed E-state index contributed by atoms with van der Waals surface area (Å²) in [6, 6.07) is 15.3. The topological polar surface area (TPSA) is 58.1 Å². The number of halogens is 1. The van der Waals surface area contributed by atoms with E-state index in [4.69, 9.17) is 0 Å². The van der Waals surface area contributed by atoms with Gasteiger partial charge in [-0.1, -0.05) is 43.3 Å². The molecule has 1 N–H and O–H groups in total. The maximum absolute atomic E-state index is 14.4. The standard InChI is InChI=1S/C25H25FN4OS/c1-16(17-7-3-2-4-8-17)13-27-25(31)18-9-6-12-30(14-18)24-23-22(28-15-29-24)21-19(26)10-5-11-20(21)32-23/h2-5,7-8,10-11,15-16,18H,6,9,12-14H2,1H3,(H,27,31)/t16-,18-/m1/s1. The number of rotatable bonds is 5. The molecule has 7 heteroatoms. The van der Waals surface area contributed by atoms with Gasteiger partial charge in [-0.15, -0.1) is 11.3 Å². The molecule has 1 fully saturated rings. The zero-order chi connectivity index (χ0) is 22.1. The lowest BCUT2D eigenvalue weighted by Crippen LogP contribution is -2.44. The molecule has 32 heavy (non-hydrogen) atoms. The zero-order valence-electron chi connectivity index (χ0n) is 17.9. The summed E-state index contributed by atoms with van der Waals surface area (Å²) in [7, 11) is 0. The fraction of sp³-hybridized carbons (Fsp3) is 0.320. The summed E-state index contributed by atoms with van der Waals surface area (Å²) in [5.41, 5.74) is 1.87. The lowest BCUT2D eigenvalue weighted by molar-refractivity contribution is -0.125. The van der Waals surface area contributed by atoms with Crippen molar-refractivity contribution in [3.8, 4) is 0 Å². The van der Waals surface area contributed by atoms with Gasteiger partial charge in [-0.2, -0.15) is 0 Å². The summed E-state index contributed by atoms with van der Waals surface area (Å²) in [5.74, 6) is 0.787. The van der Waals surface area contributed by atoms with E-state index in [0.29, 0.717) is 24.0 Å². The number of hydrogen-bond acceptors (Lipinski definition) is 5. The highest BCUT2D eigenvalue weighted by molar-refractivity contribution is 7.26. The van der Waals surface area contributed by atoms with Crippen LogP contribution in [0.3, 0.4) is 0 Å². The van der Waals surface area contributed by atoms with Gasteiger partial charge in [0.25, 0.3) is 0 Å². The van der Waals surface area contributed by atoms with Crippen LogP contribution in [0.1, 0.15) is 31.2 Å². The number of thiophene rings is 1. The molecule has 164 valence electrons. The Morgan fingerprint density at radius 1 is 1.22 bits per heavy atom. The minimum atomic E-state index is -0.262. The largest absolute Gasteiger partial charge is 0.355 e. The summed E-state index contributed by atoms with van der Waals surface area (Å²) in [5, 5.41) is 3.70. The highest BCUT2D eigenvalue weighted by Gasteiger charge is 2.28. The first-order chi connectivity index (χ1) is 15.6. The Balaban J connectivity index is 1.33. The Morgan fingerprint density at radius 2 is 2.06 bits per heavy atom. The molecule has 2 aromatic heterocycles. The average molecular weight is 449 g/mol. The van der Waals surface area contributed by atoms with Crippen molar-refractivity contribution < 1.29 is 9.18 Å². The zero-order valence-corrected chi connectivity index (χ0v) is 18.7. The van der Waals surface area contributed by atoms with Gasteiger partial charge in [-0.25, -0.2) is 14.4 Å². The minimum Gasteiger partial charge on any atom is -0.355 e. The number of aromatic nitrogens is 2. The Kier molecular flexibility index (Phi) is 5.74. The van der Waals surface area contributed by atoms with Crippen LogP contribution in [-0.2, 0) is 4.79 Å². The maximum atomic E-state index is 14.4. The van der Waals surface area contributed by atoms with E-state index in [-0.39, 0.29) is 23.6 Å². The van der Waals surface area contributed by atoms with Crippen molar-refractivity contribution in [2.24, 2.45) is 5.92 Å². The number of hydrogen-bond donors (Lipinski definition) is 1. The summed E-state index contributed by atoms with van der Waals surface area (Å²) in [6.07, 6.45) is 3.27. The van der Waals surface area contributed by atoms with Gasteiger partial charge >= 0.3 is 0 Å². The molecule has 1 amide bonds. The van der Waals surface area contributed by atoms with Crippen molar-refractivity contribution in [1.82, 2.24) is 15.3 Å². The van der Waals surface area contributed by atoms with Crippen LogP contribution in [0.25, 0.3) is 20.3 Å². The number of carbonyl (C=O) groups is 1. The predicted molar refractivity (Wildman–Crippen MR) is 128 cm³/mol. The summed E-state index contributed by atoms with van der Waals surface area (Å²) in [4.78, 5) is 24.0. The van der Waals surface area contributed by atoms with Gasteiger partial charge < -0.3 is 10.2 Å². The smallest absolute Gasteiger partial charge is 0.224 e. The molecular weight excluding hydrogens is 423 g/mol. The molecule has 5 nitrogen and oxygen atoms in total. The number of benzene rings is 2. The summed E-state index contributed by atoms with van der Waals surface area (Å²) < 4.78 is 16.2. The highest BCUT2D eigenvalue weighted by atomic mass is 32.1. The van der Waals surface area contributed by atoms with Crippen molar-refractivity contribution in [3.05, 3.63) is 66.2 Å². The van der Waals surface area contributed by atoms with E-state index in [1.807, 2.05) is 24.3 Å². The first-order valence-electron chi connectivity index (χ1n) is 11.0. The fourth-order valence-electron chi connectivity index (χ4n) is 4.47. The van der Waals surface area contributed by atoms with Crippen LogP contribution >= 0.6 is 11.3 Å². The van der Waals surface area contributed by atoms with Crippen LogP contribution < -0.4 is 10.2 Å². The van der Waals surface area contributed by atoms with E-state index in [1.54, 1.807) is 6.07 Å². The first-order valence-corrected chi connectivity index (χ1v) is 11.8. The van der Waals surface area contributed by atoms with E-state index in [9.17, 15) is 9.18 Å². The molecule has 0 unspecified atom stereocenters. The van der Waals surface area contributed by atoms with Crippen molar-refractivity contribution >= 4 is 43.4 Å². The van der Waals surface area contributed by atoms with Crippen LogP contribution in [0.15, 0.2) is 54.9 Å². The number of nitrogens with zero attached hydrogens (tertiary/aromatic N) is 3. The van der Waals surface area contributed by atoms with E-state index in [1.165, 1.54) is 29.3 Å². The molecular formula is C25H25FN4OS. The molecule has 1 aliphatic rings. The summed E-state index contributed by atoms with van der Waals surface area (Å²) >= 11 is 1.51. The van der Waals surface area contributed by atoms with Gasteiger partial charge in [-0.05, 0) is 36.5 Å². The number of carbonyl (C=O) groups excluding carboxylic acids is 1. The molecule has 5 rings (SSSR count). The molecule has 0 bridgehead atoms. The van der Waals surface area contributed by atoms with E-state index >= 15 is 0 Å². The number of amides is 1. The van der Waals surface area contributed by atoms with Crippen molar-refractivity contribution in [3.63, 3.8) is 0 Å². The normalized spacial score (nSPS) is 17.6. The molecule has 2 aromatic carbocycles. The van der Waals surface area contributed by atoms with Crippen molar-refractivity contribution in [2.75, 3.05) is 24.5 Å². The second kappa shape index (κ2) is 8.82. The van der Waals surface area contributed by atoms with Gasteiger partial charge in [0.15, 0.2) is 0 Å². The van der Waals surface area contributed by atoms with Crippen LogP contribution in [-0.4, -0.2) is 35.5 Å². The number of nitrogens with one attached hydrogen (secondary N) is 1. The lowest BCUT2D eigenvalue weighted by Gasteiger charge is -2.33. The predicted octanol–water partition coefficient (Wildman–Crippen LogP) is 5.12. The highest BCUT2D eigenvalue weighted by Crippen LogP contribution is 2.39. The lowest BCUT2D eigenvalue weighted by atomic mass is 9.96. The third-order valence-electron chi connectivity index (χ3n) is 6.25. The van der Waals surface area contributed by atoms with Crippen LogP contribution in [0.4, 0.5) is 10.2 Å². The van der Waals surface area contributed by atoms with Gasteiger partial charge in [0.05, 0.1) is 21.5 Å². The molecule has 3 heterocycles. The van der Waals surface area contributed by atoms with Gasteiger partial charge in [0, 0.05) is 24.3 Å². The minimum absolute atomic E-state index is 0.0881. The molecule has 0 aliphatic carbocycles. The van der Waals surface area contributed by atoms with E-state index in [2.05, 4.69) is 39.2 Å². The van der Waals surface area contributed by atoms with E-state index in [0.717, 1.165) is 34.6 Å². The molecule has 0 saturated carbocycles. The molecule has 2 atom stereocenters. The number of piperidine rings is 1. The Hall–Kier alpha value is -3.06. The third-order valence-corrected chi connectivity index (χ3v) is 7.39. The fourth-order valence-corrected chi connectivity index (χ4v) is 5.66. The molecule has 1 saturated heterocycles.